The van der Waals surface area contributed by atoms with Crippen molar-refractivity contribution in [2.75, 3.05) is 29.9 Å². The van der Waals surface area contributed by atoms with Gasteiger partial charge in [-0.1, -0.05) is 6.07 Å². The highest BCUT2D eigenvalue weighted by atomic mass is 16.5. The zero-order valence-corrected chi connectivity index (χ0v) is 13.2. The van der Waals surface area contributed by atoms with E-state index in [4.69, 9.17) is 4.74 Å². The zero-order valence-electron chi connectivity index (χ0n) is 13.2. The molecule has 2 aliphatic rings. The molecule has 2 aliphatic heterocycles. The van der Waals surface area contributed by atoms with Gasteiger partial charge in [-0.15, -0.1) is 0 Å². The van der Waals surface area contributed by atoms with E-state index < -0.39 is 0 Å². The molecule has 5 heteroatoms. The van der Waals surface area contributed by atoms with Gasteiger partial charge in [0.2, 0.25) is 0 Å². The van der Waals surface area contributed by atoms with Crippen LogP contribution in [0.1, 0.15) is 19.3 Å². The summed E-state index contributed by atoms with van der Waals surface area (Å²) in [6, 6.07) is 10.4. The first kappa shape index (κ1) is 14.5. The van der Waals surface area contributed by atoms with Gasteiger partial charge in [0.15, 0.2) is 0 Å². The summed E-state index contributed by atoms with van der Waals surface area (Å²) < 4.78 is 6.22. The van der Waals surface area contributed by atoms with Gasteiger partial charge in [-0.3, -0.25) is 4.98 Å². The van der Waals surface area contributed by atoms with Gasteiger partial charge in [0.25, 0.3) is 0 Å². The molecule has 4 rings (SSSR count). The molecular weight excluding hydrogens is 288 g/mol. The van der Waals surface area contributed by atoms with E-state index in [2.05, 4.69) is 26.3 Å². The maximum atomic E-state index is 6.22. The Hall–Kier alpha value is -2.14. The lowest BCUT2D eigenvalue weighted by Crippen LogP contribution is -2.44. The van der Waals surface area contributed by atoms with Gasteiger partial charge < -0.3 is 15.0 Å². The largest absolute Gasteiger partial charge is 0.373 e. The lowest BCUT2D eigenvalue weighted by atomic mass is 9.87. The minimum Gasteiger partial charge on any atom is -0.373 e. The molecule has 120 valence electrons. The number of hydrogen-bond donors (Lipinski definition) is 1. The molecule has 1 atom stereocenters. The molecule has 2 saturated heterocycles. The fourth-order valence-corrected chi connectivity index (χ4v) is 3.66. The lowest BCUT2D eigenvalue weighted by molar-refractivity contribution is -0.0147. The Bertz CT molecular complexity index is 626. The molecule has 0 saturated carbocycles. The number of nitrogens with one attached hydrogen (secondary N) is 1. The van der Waals surface area contributed by atoms with Crippen LogP contribution in [0.2, 0.25) is 0 Å². The molecule has 2 aromatic heterocycles. The van der Waals surface area contributed by atoms with Crippen molar-refractivity contribution in [1.29, 1.82) is 0 Å². The summed E-state index contributed by atoms with van der Waals surface area (Å²) in [5.74, 6) is 0.936. The third-order valence-electron chi connectivity index (χ3n) is 4.91. The minimum absolute atomic E-state index is 0.0329. The number of nitrogens with zero attached hydrogens (tertiary/aromatic N) is 3. The first-order valence-electron chi connectivity index (χ1n) is 8.30. The molecule has 2 fully saturated rings. The monoisotopic (exact) mass is 310 g/mol. The number of hydrogen-bond acceptors (Lipinski definition) is 5. The summed E-state index contributed by atoms with van der Waals surface area (Å²) in [7, 11) is 0. The van der Waals surface area contributed by atoms with Gasteiger partial charge >= 0.3 is 0 Å². The van der Waals surface area contributed by atoms with Gasteiger partial charge in [-0.05, 0) is 43.5 Å². The van der Waals surface area contributed by atoms with Crippen molar-refractivity contribution in [3.63, 3.8) is 0 Å². The molecule has 4 heterocycles. The molecule has 0 aliphatic carbocycles. The smallest absolute Gasteiger partial charge is 0.126 e. The first-order chi connectivity index (χ1) is 11.3. The standard InChI is InChI=1S/C18H22N4O/c1-2-9-20-17(5-1)21-15-12-18(23-14-15)6-10-22(11-7-18)16-4-3-8-19-13-16/h1-5,8-9,13,15H,6-7,10-12,14H2,(H,20,21). The fraction of sp³-hybridized carbons (Fsp3) is 0.444. The first-order valence-corrected chi connectivity index (χ1v) is 8.30. The molecule has 0 radical (unpaired) electrons. The van der Waals surface area contributed by atoms with E-state index in [9.17, 15) is 0 Å². The second-order valence-corrected chi connectivity index (χ2v) is 6.45. The van der Waals surface area contributed by atoms with Crippen LogP contribution in [0.15, 0.2) is 48.9 Å². The van der Waals surface area contributed by atoms with E-state index in [0.717, 1.165) is 44.8 Å². The Morgan fingerprint density at radius 3 is 2.78 bits per heavy atom. The van der Waals surface area contributed by atoms with Crippen LogP contribution in [-0.4, -0.2) is 41.3 Å². The third kappa shape index (κ3) is 3.15. The Morgan fingerprint density at radius 1 is 1.13 bits per heavy atom. The van der Waals surface area contributed by atoms with Crippen LogP contribution in [0.25, 0.3) is 0 Å². The van der Waals surface area contributed by atoms with E-state index in [1.165, 1.54) is 5.69 Å². The number of aromatic nitrogens is 2. The van der Waals surface area contributed by atoms with Crippen molar-refractivity contribution in [3.05, 3.63) is 48.9 Å². The fourth-order valence-electron chi connectivity index (χ4n) is 3.66. The van der Waals surface area contributed by atoms with Crippen molar-refractivity contribution in [1.82, 2.24) is 9.97 Å². The molecule has 0 amide bonds. The number of pyridine rings is 2. The SMILES string of the molecule is c1ccc(NC2COC3(CCN(c4cccnc4)CC3)C2)nc1. The van der Waals surface area contributed by atoms with Crippen molar-refractivity contribution in [2.24, 2.45) is 0 Å². The Morgan fingerprint density at radius 2 is 2.04 bits per heavy atom. The number of anilines is 2. The van der Waals surface area contributed by atoms with E-state index in [-0.39, 0.29) is 5.60 Å². The number of piperidine rings is 1. The molecule has 23 heavy (non-hydrogen) atoms. The van der Waals surface area contributed by atoms with Crippen LogP contribution >= 0.6 is 0 Å². The summed E-state index contributed by atoms with van der Waals surface area (Å²) >= 11 is 0. The van der Waals surface area contributed by atoms with Crippen LogP contribution in [0.3, 0.4) is 0 Å². The maximum absolute atomic E-state index is 6.22. The third-order valence-corrected chi connectivity index (χ3v) is 4.91. The molecule has 1 unspecified atom stereocenters. The Balaban J connectivity index is 1.35. The second-order valence-electron chi connectivity index (χ2n) is 6.45. The quantitative estimate of drug-likeness (QED) is 0.944. The summed E-state index contributed by atoms with van der Waals surface area (Å²) in [6.07, 6.45) is 8.79. The van der Waals surface area contributed by atoms with E-state index in [1.807, 2.05) is 42.9 Å². The van der Waals surface area contributed by atoms with Crippen molar-refractivity contribution < 1.29 is 4.74 Å². The van der Waals surface area contributed by atoms with Gasteiger partial charge in [0, 0.05) is 25.5 Å². The maximum Gasteiger partial charge on any atom is 0.126 e. The molecule has 0 aromatic carbocycles. The Kier molecular flexibility index (Phi) is 3.87. The highest BCUT2D eigenvalue weighted by molar-refractivity contribution is 5.44. The predicted octanol–water partition coefficient (Wildman–Crippen LogP) is 2.72. The molecule has 1 N–H and O–H groups in total. The lowest BCUT2D eigenvalue weighted by Gasteiger charge is -2.39. The topological polar surface area (TPSA) is 50.3 Å². The summed E-state index contributed by atoms with van der Waals surface area (Å²) in [5.41, 5.74) is 1.24. The van der Waals surface area contributed by atoms with Crippen LogP contribution in [0.4, 0.5) is 11.5 Å². The molecule has 0 bridgehead atoms. The highest BCUT2D eigenvalue weighted by Crippen LogP contribution is 2.37. The Labute approximate surface area is 136 Å². The van der Waals surface area contributed by atoms with Gasteiger partial charge in [0.05, 0.1) is 30.1 Å². The summed E-state index contributed by atoms with van der Waals surface area (Å²) in [4.78, 5) is 11.0. The normalized spacial score (nSPS) is 23.1. The number of rotatable bonds is 3. The van der Waals surface area contributed by atoms with Crippen LogP contribution in [-0.2, 0) is 4.74 Å². The second kappa shape index (κ2) is 6.16. The van der Waals surface area contributed by atoms with Crippen LogP contribution < -0.4 is 10.2 Å². The molecular formula is C18H22N4O. The summed E-state index contributed by atoms with van der Waals surface area (Å²) in [5, 5.41) is 3.50. The zero-order chi connectivity index (χ0) is 15.5. The molecule has 5 nitrogen and oxygen atoms in total. The summed E-state index contributed by atoms with van der Waals surface area (Å²) in [6.45, 7) is 2.83. The van der Waals surface area contributed by atoms with Gasteiger partial charge in [0.1, 0.15) is 5.82 Å². The predicted molar refractivity (Wildman–Crippen MR) is 90.6 cm³/mol. The average molecular weight is 310 g/mol. The van der Waals surface area contributed by atoms with Crippen molar-refractivity contribution in [2.45, 2.75) is 30.9 Å². The highest BCUT2D eigenvalue weighted by Gasteiger charge is 2.42. The molecule has 2 aromatic rings. The van der Waals surface area contributed by atoms with E-state index in [0.29, 0.717) is 6.04 Å². The molecule has 1 spiro atoms. The van der Waals surface area contributed by atoms with E-state index >= 15 is 0 Å². The van der Waals surface area contributed by atoms with Crippen molar-refractivity contribution in [3.8, 4) is 0 Å². The van der Waals surface area contributed by atoms with Gasteiger partial charge in [-0.25, -0.2) is 4.98 Å². The van der Waals surface area contributed by atoms with Crippen LogP contribution in [0, 0.1) is 0 Å². The van der Waals surface area contributed by atoms with Crippen LogP contribution in [0.5, 0.6) is 0 Å². The minimum atomic E-state index is 0.0329. The van der Waals surface area contributed by atoms with Gasteiger partial charge in [-0.2, -0.15) is 0 Å². The van der Waals surface area contributed by atoms with E-state index in [1.54, 1.807) is 0 Å². The average Bonchev–Trinajstić information content (AvgIpc) is 2.99. The van der Waals surface area contributed by atoms with Crippen molar-refractivity contribution >= 4 is 11.5 Å². The number of ether oxygens (including phenoxy) is 1.